The molecule has 24 heavy (non-hydrogen) atoms. The Bertz CT molecular complexity index is 871. The first kappa shape index (κ1) is 16.3. The lowest BCUT2D eigenvalue weighted by Gasteiger charge is -2.08. The highest BCUT2D eigenvalue weighted by Crippen LogP contribution is 2.31. The zero-order chi connectivity index (χ0) is 17.3. The van der Waals surface area contributed by atoms with Gasteiger partial charge in [0.05, 0.1) is 29.7 Å². The van der Waals surface area contributed by atoms with Crippen LogP contribution in [0.3, 0.4) is 0 Å². The van der Waals surface area contributed by atoms with Gasteiger partial charge in [-0.2, -0.15) is 13.2 Å². The Morgan fingerprint density at radius 1 is 1.17 bits per heavy atom. The van der Waals surface area contributed by atoms with E-state index in [-0.39, 0.29) is 6.61 Å². The summed E-state index contributed by atoms with van der Waals surface area (Å²) < 4.78 is 40.2. The van der Waals surface area contributed by atoms with Gasteiger partial charge in [0, 0.05) is 12.7 Å². The molecule has 3 rings (SSSR count). The highest BCUT2D eigenvalue weighted by atomic mass is 19.4. The summed E-state index contributed by atoms with van der Waals surface area (Å²) in [7, 11) is 1.77. The number of aryl methyl sites for hydroxylation is 1. The molecule has 4 nitrogen and oxygen atoms in total. The Morgan fingerprint density at radius 3 is 2.67 bits per heavy atom. The van der Waals surface area contributed by atoms with Gasteiger partial charge in [0.25, 0.3) is 0 Å². The summed E-state index contributed by atoms with van der Waals surface area (Å²) in [5.41, 5.74) is 1.84. The van der Waals surface area contributed by atoms with Crippen LogP contribution in [-0.4, -0.2) is 14.7 Å². The van der Waals surface area contributed by atoms with Gasteiger partial charge in [-0.05, 0) is 35.9 Å². The number of alkyl halides is 3. The molecule has 0 spiro atoms. The smallest absolute Gasteiger partial charge is 0.392 e. The molecule has 1 heterocycles. The summed E-state index contributed by atoms with van der Waals surface area (Å²) >= 11 is 0. The van der Waals surface area contributed by atoms with Crippen LogP contribution < -0.4 is 5.32 Å². The molecule has 0 saturated carbocycles. The first-order chi connectivity index (χ1) is 11.4. The quantitative estimate of drug-likeness (QED) is 0.764. The molecular formula is C17H16F3N3O. The fraction of sp³-hybridized carbons (Fsp3) is 0.235. The number of rotatable bonds is 4. The molecule has 0 unspecified atom stereocenters. The number of halogens is 3. The summed E-state index contributed by atoms with van der Waals surface area (Å²) in [6.45, 7) is 0.309. The van der Waals surface area contributed by atoms with Gasteiger partial charge < -0.3 is 15.0 Å². The molecule has 0 bridgehead atoms. The molecule has 0 aliphatic rings. The van der Waals surface area contributed by atoms with Crippen molar-refractivity contribution in [2.75, 3.05) is 5.32 Å². The first-order valence-electron chi connectivity index (χ1n) is 7.34. The number of anilines is 1. The van der Waals surface area contributed by atoms with E-state index in [4.69, 9.17) is 5.11 Å². The van der Waals surface area contributed by atoms with Gasteiger partial charge in [-0.3, -0.25) is 0 Å². The molecule has 0 aliphatic carbocycles. The molecule has 2 N–H and O–H groups in total. The third kappa shape index (κ3) is 3.21. The van der Waals surface area contributed by atoms with Crippen LogP contribution in [0.1, 0.15) is 17.0 Å². The van der Waals surface area contributed by atoms with E-state index in [1.54, 1.807) is 17.7 Å². The van der Waals surface area contributed by atoms with Crippen molar-refractivity contribution < 1.29 is 18.3 Å². The first-order valence-corrected chi connectivity index (χ1v) is 7.34. The Hall–Kier alpha value is -2.54. The molecule has 126 valence electrons. The van der Waals surface area contributed by atoms with Crippen molar-refractivity contribution in [2.45, 2.75) is 19.3 Å². The predicted molar refractivity (Wildman–Crippen MR) is 85.4 cm³/mol. The number of aliphatic hydroxyl groups is 1. The molecule has 0 fully saturated rings. The zero-order valence-corrected chi connectivity index (χ0v) is 12.9. The van der Waals surface area contributed by atoms with Crippen LogP contribution in [0.15, 0.2) is 42.5 Å². The highest BCUT2D eigenvalue weighted by molar-refractivity contribution is 5.77. The van der Waals surface area contributed by atoms with Gasteiger partial charge >= 0.3 is 6.18 Å². The summed E-state index contributed by atoms with van der Waals surface area (Å²) in [4.78, 5) is 4.30. The van der Waals surface area contributed by atoms with Crippen LogP contribution in [0.4, 0.5) is 18.9 Å². The molecule has 0 radical (unpaired) electrons. The van der Waals surface area contributed by atoms with E-state index in [9.17, 15) is 13.2 Å². The lowest BCUT2D eigenvalue weighted by atomic mass is 10.2. The fourth-order valence-corrected chi connectivity index (χ4v) is 2.54. The number of benzene rings is 2. The van der Waals surface area contributed by atoms with Crippen molar-refractivity contribution in [1.82, 2.24) is 9.55 Å². The molecule has 0 aliphatic heterocycles. The maximum absolute atomic E-state index is 12.8. The Balaban J connectivity index is 1.85. The number of fused-ring (bicyclic) bond motifs is 1. The number of nitrogens with one attached hydrogen (secondary N) is 1. The molecule has 1 aromatic heterocycles. The number of aromatic nitrogens is 2. The van der Waals surface area contributed by atoms with Gasteiger partial charge in [-0.15, -0.1) is 0 Å². The molecule has 0 atom stereocenters. The second-order valence-corrected chi connectivity index (χ2v) is 5.50. The van der Waals surface area contributed by atoms with Gasteiger partial charge in [0.15, 0.2) is 0 Å². The van der Waals surface area contributed by atoms with Crippen molar-refractivity contribution in [3.05, 3.63) is 59.4 Å². The highest BCUT2D eigenvalue weighted by Gasteiger charge is 2.30. The topological polar surface area (TPSA) is 50.1 Å². The van der Waals surface area contributed by atoms with Crippen LogP contribution in [0, 0.1) is 0 Å². The minimum atomic E-state index is -4.38. The van der Waals surface area contributed by atoms with Gasteiger partial charge in [0.2, 0.25) is 0 Å². The summed E-state index contributed by atoms with van der Waals surface area (Å²) in [5.74, 6) is 0.624. The van der Waals surface area contributed by atoms with Crippen molar-refractivity contribution in [3.63, 3.8) is 0 Å². The van der Waals surface area contributed by atoms with E-state index < -0.39 is 11.7 Å². The third-order valence-electron chi connectivity index (χ3n) is 3.86. The maximum Gasteiger partial charge on any atom is 0.416 e. The van der Waals surface area contributed by atoms with Gasteiger partial charge in [0.1, 0.15) is 5.82 Å². The lowest BCUT2D eigenvalue weighted by molar-refractivity contribution is -0.137. The van der Waals surface area contributed by atoms with Gasteiger partial charge in [-0.25, -0.2) is 4.98 Å². The second-order valence-electron chi connectivity index (χ2n) is 5.50. The Morgan fingerprint density at radius 2 is 1.96 bits per heavy atom. The van der Waals surface area contributed by atoms with Crippen molar-refractivity contribution in [1.29, 1.82) is 0 Å². The normalized spacial score (nSPS) is 11.9. The molecular weight excluding hydrogens is 319 g/mol. The predicted octanol–water partition coefficient (Wildman–Crippen LogP) is 3.70. The largest absolute Gasteiger partial charge is 0.416 e. The van der Waals surface area contributed by atoms with E-state index in [1.807, 2.05) is 18.2 Å². The zero-order valence-electron chi connectivity index (χ0n) is 12.9. The minimum absolute atomic E-state index is 0.0535. The average molecular weight is 335 g/mol. The number of hydrogen-bond donors (Lipinski definition) is 2. The van der Waals surface area contributed by atoms with E-state index in [1.165, 1.54) is 6.07 Å². The molecule has 2 aromatic carbocycles. The SMILES string of the molecule is Cn1c(CNc2cccc(CO)c2)nc2cc(C(F)(F)F)ccc21. The van der Waals surface area contributed by atoms with Crippen molar-refractivity contribution in [2.24, 2.45) is 7.05 Å². The number of imidazole rings is 1. The summed E-state index contributed by atoms with van der Waals surface area (Å²) in [5, 5.41) is 12.3. The van der Waals surface area contributed by atoms with E-state index in [2.05, 4.69) is 10.3 Å². The number of hydrogen-bond acceptors (Lipinski definition) is 3. The Labute approximate surface area is 136 Å². The molecule has 0 saturated heterocycles. The number of nitrogens with zero attached hydrogens (tertiary/aromatic N) is 2. The minimum Gasteiger partial charge on any atom is -0.392 e. The van der Waals surface area contributed by atoms with Gasteiger partial charge in [-0.1, -0.05) is 12.1 Å². The van der Waals surface area contributed by atoms with Crippen LogP contribution >= 0.6 is 0 Å². The van der Waals surface area contributed by atoms with Crippen molar-refractivity contribution in [3.8, 4) is 0 Å². The monoisotopic (exact) mass is 335 g/mol. The number of aliphatic hydroxyl groups excluding tert-OH is 1. The van der Waals surface area contributed by atoms with Crippen LogP contribution in [0.25, 0.3) is 11.0 Å². The maximum atomic E-state index is 12.8. The van der Waals surface area contributed by atoms with E-state index in [0.29, 0.717) is 23.4 Å². The van der Waals surface area contributed by atoms with Crippen LogP contribution in [-0.2, 0) is 26.4 Å². The van der Waals surface area contributed by atoms with Crippen molar-refractivity contribution >= 4 is 16.7 Å². The third-order valence-corrected chi connectivity index (χ3v) is 3.86. The van der Waals surface area contributed by atoms with Crippen LogP contribution in [0.5, 0.6) is 0 Å². The lowest BCUT2D eigenvalue weighted by Crippen LogP contribution is -2.06. The summed E-state index contributed by atoms with van der Waals surface area (Å²) in [6.07, 6.45) is -4.38. The molecule has 7 heteroatoms. The molecule has 0 amide bonds. The molecule has 3 aromatic rings. The van der Waals surface area contributed by atoms with E-state index >= 15 is 0 Å². The average Bonchev–Trinajstić information content (AvgIpc) is 2.88. The standard InChI is InChI=1S/C17H16F3N3O/c1-23-15-6-5-12(17(18,19)20)8-14(15)22-16(23)9-21-13-4-2-3-11(7-13)10-24/h2-8,21,24H,9-10H2,1H3. The van der Waals surface area contributed by atoms with E-state index in [0.717, 1.165) is 23.4 Å². The summed E-state index contributed by atoms with van der Waals surface area (Å²) in [6, 6.07) is 10.8. The van der Waals surface area contributed by atoms with Crippen LogP contribution in [0.2, 0.25) is 0 Å². The fourth-order valence-electron chi connectivity index (χ4n) is 2.54. The second kappa shape index (κ2) is 6.16. The Kier molecular flexibility index (Phi) is 4.19.